The molecule has 0 unspecified atom stereocenters. The Labute approximate surface area is 101 Å². The first-order chi connectivity index (χ1) is 8.38. The molecule has 4 heteroatoms. The number of rotatable bonds is 3. The number of hydrogen-bond donors (Lipinski definition) is 2. The summed E-state index contributed by atoms with van der Waals surface area (Å²) < 4.78 is 0. The van der Waals surface area contributed by atoms with Gasteiger partial charge in [-0.3, -0.25) is 4.90 Å². The van der Waals surface area contributed by atoms with Crippen molar-refractivity contribution in [2.45, 2.75) is 25.9 Å². The van der Waals surface area contributed by atoms with E-state index >= 15 is 0 Å². The lowest BCUT2D eigenvalue weighted by molar-refractivity contribution is 0.332. The Hall–Kier alpha value is -1.39. The molecular weight excluding hydrogens is 212 g/mol. The van der Waals surface area contributed by atoms with Gasteiger partial charge in [0.05, 0.1) is 0 Å². The number of hydrogen-bond acceptors (Lipinski definition) is 3. The number of aromatic nitrogens is 2. The Bertz CT molecular complexity index is 511. The standard InChI is InChI=1S/C13H18N4/c14-7-10-3-4-15-13-12(10)11(8-16-13)9-17-5-1-2-6-17/h3-4,8H,1-2,5-7,9,14H2,(H,15,16). The van der Waals surface area contributed by atoms with Crippen LogP contribution in [0.4, 0.5) is 0 Å². The lowest BCUT2D eigenvalue weighted by Crippen LogP contribution is -2.18. The summed E-state index contributed by atoms with van der Waals surface area (Å²) in [6, 6.07) is 2.02. The topological polar surface area (TPSA) is 57.9 Å². The Morgan fingerprint density at radius 1 is 1.29 bits per heavy atom. The van der Waals surface area contributed by atoms with Gasteiger partial charge in [-0.25, -0.2) is 4.98 Å². The lowest BCUT2D eigenvalue weighted by Gasteiger charge is -2.14. The van der Waals surface area contributed by atoms with Crippen LogP contribution in [-0.4, -0.2) is 28.0 Å². The number of fused-ring (bicyclic) bond motifs is 1. The lowest BCUT2D eigenvalue weighted by atomic mass is 10.1. The van der Waals surface area contributed by atoms with Crippen LogP contribution in [0.15, 0.2) is 18.5 Å². The van der Waals surface area contributed by atoms with E-state index in [1.54, 1.807) is 0 Å². The van der Waals surface area contributed by atoms with E-state index in [1.165, 1.54) is 42.4 Å². The highest BCUT2D eigenvalue weighted by Crippen LogP contribution is 2.23. The number of pyridine rings is 1. The van der Waals surface area contributed by atoms with Crippen LogP contribution in [0, 0.1) is 0 Å². The van der Waals surface area contributed by atoms with Crippen LogP contribution in [0.2, 0.25) is 0 Å². The van der Waals surface area contributed by atoms with Gasteiger partial charge in [-0.15, -0.1) is 0 Å². The molecule has 1 fully saturated rings. The number of likely N-dealkylation sites (tertiary alicyclic amines) is 1. The quantitative estimate of drug-likeness (QED) is 0.842. The zero-order chi connectivity index (χ0) is 11.7. The van der Waals surface area contributed by atoms with E-state index in [2.05, 4.69) is 21.1 Å². The Kier molecular flexibility index (Phi) is 2.82. The third kappa shape index (κ3) is 1.94. The SMILES string of the molecule is NCc1ccnc2[nH]cc(CN3CCCC3)c12. The summed E-state index contributed by atoms with van der Waals surface area (Å²) >= 11 is 0. The number of H-pyrrole nitrogens is 1. The van der Waals surface area contributed by atoms with Crippen molar-refractivity contribution in [1.29, 1.82) is 0 Å². The predicted octanol–water partition coefficient (Wildman–Crippen LogP) is 1.62. The van der Waals surface area contributed by atoms with Gasteiger partial charge in [0.25, 0.3) is 0 Å². The van der Waals surface area contributed by atoms with Gasteiger partial charge < -0.3 is 10.7 Å². The molecule has 0 bridgehead atoms. The van der Waals surface area contributed by atoms with Crippen molar-refractivity contribution < 1.29 is 0 Å². The van der Waals surface area contributed by atoms with E-state index in [4.69, 9.17) is 5.73 Å². The van der Waals surface area contributed by atoms with Gasteiger partial charge in [0, 0.05) is 30.9 Å². The molecule has 4 nitrogen and oxygen atoms in total. The van der Waals surface area contributed by atoms with Crippen LogP contribution in [0.1, 0.15) is 24.0 Å². The molecule has 0 atom stereocenters. The molecule has 3 heterocycles. The smallest absolute Gasteiger partial charge is 0.137 e. The van der Waals surface area contributed by atoms with Crippen molar-refractivity contribution in [2.75, 3.05) is 13.1 Å². The first-order valence-electron chi connectivity index (χ1n) is 6.25. The molecule has 90 valence electrons. The van der Waals surface area contributed by atoms with E-state index in [1.807, 2.05) is 12.3 Å². The summed E-state index contributed by atoms with van der Waals surface area (Å²) in [5.74, 6) is 0. The second kappa shape index (κ2) is 4.47. The molecule has 3 N–H and O–H groups in total. The van der Waals surface area contributed by atoms with Crippen molar-refractivity contribution in [3.05, 3.63) is 29.6 Å². The summed E-state index contributed by atoms with van der Waals surface area (Å²) in [6.07, 6.45) is 6.55. The van der Waals surface area contributed by atoms with Gasteiger partial charge >= 0.3 is 0 Å². The molecule has 2 aromatic heterocycles. The molecule has 1 aliphatic rings. The molecule has 3 rings (SSSR count). The molecular formula is C13H18N4. The van der Waals surface area contributed by atoms with E-state index in [9.17, 15) is 0 Å². The fraction of sp³-hybridized carbons (Fsp3) is 0.462. The van der Waals surface area contributed by atoms with Crippen molar-refractivity contribution in [2.24, 2.45) is 5.73 Å². The monoisotopic (exact) mass is 230 g/mol. The summed E-state index contributed by atoms with van der Waals surface area (Å²) in [7, 11) is 0. The van der Waals surface area contributed by atoms with E-state index in [0.29, 0.717) is 6.54 Å². The van der Waals surface area contributed by atoms with Crippen LogP contribution in [0.3, 0.4) is 0 Å². The Morgan fingerprint density at radius 3 is 2.88 bits per heavy atom. The molecule has 1 aliphatic heterocycles. The minimum Gasteiger partial charge on any atom is -0.346 e. The first-order valence-corrected chi connectivity index (χ1v) is 6.25. The fourth-order valence-corrected chi connectivity index (χ4v) is 2.67. The van der Waals surface area contributed by atoms with Gasteiger partial charge in [-0.2, -0.15) is 0 Å². The zero-order valence-electron chi connectivity index (χ0n) is 9.95. The maximum Gasteiger partial charge on any atom is 0.137 e. The molecule has 2 aromatic rings. The minimum atomic E-state index is 0.573. The highest BCUT2D eigenvalue weighted by atomic mass is 15.1. The van der Waals surface area contributed by atoms with Gasteiger partial charge in [-0.1, -0.05) is 0 Å². The molecule has 0 aliphatic carbocycles. The largest absolute Gasteiger partial charge is 0.346 e. The van der Waals surface area contributed by atoms with Gasteiger partial charge in [0.15, 0.2) is 0 Å². The van der Waals surface area contributed by atoms with Crippen LogP contribution in [0.5, 0.6) is 0 Å². The number of nitrogens with zero attached hydrogens (tertiary/aromatic N) is 2. The Morgan fingerprint density at radius 2 is 2.12 bits per heavy atom. The second-order valence-corrected chi connectivity index (χ2v) is 4.69. The van der Waals surface area contributed by atoms with E-state index < -0.39 is 0 Å². The summed E-state index contributed by atoms with van der Waals surface area (Å²) in [6.45, 7) is 4.01. The third-order valence-electron chi connectivity index (χ3n) is 3.55. The van der Waals surface area contributed by atoms with Crippen molar-refractivity contribution in [3.8, 4) is 0 Å². The highest BCUT2D eigenvalue weighted by molar-refractivity contribution is 5.83. The average Bonchev–Trinajstić information content (AvgIpc) is 2.99. The second-order valence-electron chi connectivity index (χ2n) is 4.69. The molecule has 0 spiro atoms. The predicted molar refractivity (Wildman–Crippen MR) is 68.5 cm³/mol. The molecule has 17 heavy (non-hydrogen) atoms. The number of nitrogens with one attached hydrogen (secondary N) is 1. The zero-order valence-corrected chi connectivity index (χ0v) is 9.95. The minimum absolute atomic E-state index is 0.573. The summed E-state index contributed by atoms with van der Waals surface area (Å²) in [5.41, 5.74) is 9.27. The maximum atomic E-state index is 5.80. The maximum absolute atomic E-state index is 5.80. The highest BCUT2D eigenvalue weighted by Gasteiger charge is 2.15. The van der Waals surface area contributed by atoms with E-state index in [-0.39, 0.29) is 0 Å². The Balaban J connectivity index is 1.98. The molecule has 0 aromatic carbocycles. The van der Waals surface area contributed by atoms with E-state index in [0.717, 1.165) is 12.2 Å². The van der Waals surface area contributed by atoms with Crippen molar-refractivity contribution in [1.82, 2.24) is 14.9 Å². The van der Waals surface area contributed by atoms with Crippen molar-refractivity contribution >= 4 is 11.0 Å². The average molecular weight is 230 g/mol. The van der Waals surface area contributed by atoms with Crippen LogP contribution < -0.4 is 5.73 Å². The third-order valence-corrected chi connectivity index (χ3v) is 3.55. The van der Waals surface area contributed by atoms with Crippen molar-refractivity contribution in [3.63, 3.8) is 0 Å². The molecule has 0 radical (unpaired) electrons. The van der Waals surface area contributed by atoms with Crippen LogP contribution >= 0.6 is 0 Å². The van der Waals surface area contributed by atoms with Gasteiger partial charge in [0.2, 0.25) is 0 Å². The normalized spacial score (nSPS) is 17.0. The molecule has 0 amide bonds. The van der Waals surface area contributed by atoms with Crippen LogP contribution in [0.25, 0.3) is 11.0 Å². The molecule has 0 saturated carbocycles. The molecule has 1 saturated heterocycles. The van der Waals surface area contributed by atoms with Gasteiger partial charge in [-0.05, 0) is 43.1 Å². The summed E-state index contributed by atoms with van der Waals surface area (Å²) in [4.78, 5) is 10.1. The summed E-state index contributed by atoms with van der Waals surface area (Å²) in [5, 5.41) is 1.22. The van der Waals surface area contributed by atoms with Gasteiger partial charge in [0.1, 0.15) is 5.65 Å². The number of aromatic amines is 1. The van der Waals surface area contributed by atoms with Crippen LogP contribution in [-0.2, 0) is 13.1 Å². The fourth-order valence-electron chi connectivity index (χ4n) is 2.67. The first kappa shape index (κ1) is 10.7. The number of nitrogens with two attached hydrogens (primary N) is 1.